The maximum atomic E-state index is 11.7. The first-order valence-corrected chi connectivity index (χ1v) is 7.58. The van der Waals surface area contributed by atoms with Gasteiger partial charge in [0.1, 0.15) is 0 Å². The highest BCUT2D eigenvalue weighted by molar-refractivity contribution is 7.12. The first-order valence-electron chi connectivity index (χ1n) is 6.70. The van der Waals surface area contributed by atoms with Crippen LogP contribution in [0.2, 0.25) is 0 Å². The highest BCUT2D eigenvalue weighted by Gasteiger charge is 2.16. The third-order valence-electron chi connectivity index (χ3n) is 3.15. The molecule has 2 heterocycles. The molecule has 1 saturated heterocycles. The predicted molar refractivity (Wildman–Crippen MR) is 74.5 cm³/mol. The Morgan fingerprint density at radius 1 is 1.42 bits per heavy atom. The summed E-state index contributed by atoms with van der Waals surface area (Å²) in [5, 5.41) is 4.75. The second-order valence-corrected chi connectivity index (χ2v) is 5.64. The van der Waals surface area contributed by atoms with Gasteiger partial charge in [-0.15, -0.1) is 11.3 Å². The highest BCUT2D eigenvalue weighted by atomic mass is 32.1. The second-order valence-electron chi connectivity index (χ2n) is 4.69. The molecule has 1 aliphatic heterocycles. The lowest BCUT2D eigenvalue weighted by Gasteiger charge is -2.10. The average molecular weight is 281 g/mol. The van der Waals surface area contributed by atoms with E-state index in [4.69, 9.17) is 4.74 Å². The molecule has 1 aliphatic rings. The summed E-state index contributed by atoms with van der Waals surface area (Å²) < 4.78 is 5.43. The van der Waals surface area contributed by atoms with E-state index in [0.717, 1.165) is 24.3 Å². The Kier molecular flexibility index (Phi) is 5.54. The quantitative estimate of drug-likeness (QED) is 0.781. The molecule has 1 atom stereocenters. The van der Waals surface area contributed by atoms with E-state index in [1.54, 1.807) is 0 Å². The molecular formula is C14H19NO3S. The molecule has 5 heteroatoms. The van der Waals surface area contributed by atoms with Gasteiger partial charge in [-0.1, -0.05) is 6.07 Å². The molecule has 0 radical (unpaired) electrons. The maximum absolute atomic E-state index is 11.7. The van der Waals surface area contributed by atoms with Crippen molar-refractivity contribution in [3.63, 3.8) is 0 Å². The number of carbonyl (C=O) groups is 2. The van der Waals surface area contributed by atoms with Crippen molar-refractivity contribution in [2.24, 2.45) is 0 Å². The Bertz CT molecular complexity index is 410. The predicted octanol–water partition coefficient (Wildman–Crippen LogP) is 2.40. The van der Waals surface area contributed by atoms with Gasteiger partial charge >= 0.3 is 0 Å². The molecule has 1 N–H and O–H groups in total. The minimum Gasteiger partial charge on any atom is -0.376 e. The summed E-state index contributed by atoms with van der Waals surface area (Å²) >= 11 is 1.45. The third-order valence-corrected chi connectivity index (χ3v) is 4.07. The zero-order chi connectivity index (χ0) is 13.5. The monoisotopic (exact) mass is 281 g/mol. The molecule has 2 rings (SSSR count). The van der Waals surface area contributed by atoms with E-state index in [2.05, 4.69) is 5.32 Å². The standard InChI is InChI=1S/C14H19NO3S/c16-12(13-6-3-9-19-13)5-1-7-14(17)15-10-11-4-2-8-18-11/h3,6,9,11H,1-2,4-5,7-8,10H2,(H,15,17). The normalized spacial score (nSPS) is 18.4. The summed E-state index contributed by atoms with van der Waals surface area (Å²) in [4.78, 5) is 24.1. The van der Waals surface area contributed by atoms with E-state index in [9.17, 15) is 9.59 Å². The van der Waals surface area contributed by atoms with Crippen molar-refractivity contribution in [2.45, 2.75) is 38.2 Å². The topological polar surface area (TPSA) is 55.4 Å². The Morgan fingerprint density at radius 2 is 2.32 bits per heavy atom. The van der Waals surface area contributed by atoms with Crippen LogP contribution in [0, 0.1) is 0 Å². The fourth-order valence-electron chi connectivity index (χ4n) is 2.09. The van der Waals surface area contributed by atoms with Gasteiger partial charge in [0.15, 0.2) is 5.78 Å². The largest absolute Gasteiger partial charge is 0.376 e. The zero-order valence-electron chi connectivity index (χ0n) is 10.9. The van der Waals surface area contributed by atoms with Gasteiger partial charge in [0.2, 0.25) is 5.91 Å². The van der Waals surface area contributed by atoms with Gasteiger partial charge in [-0.2, -0.15) is 0 Å². The van der Waals surface area contributed by atoms with Gasteiger partial charge in [-0.05, 0) is 30.7 Å². The minimum absolute atomic E-state index is 0.00878. The molecule has 0 aliphatic carbocycles. The van der Waals surface area contributed by atoms with Gasteiger partial charge in [-0.25, -0.2) is 0 Å². The van der Waals surface area contributed by atoms with Crippen molar-refractivity contribution in [1.29, 1.82) is 0 Å². The van der Waals surface area contributed by atoms with Crippen molar-refractivity contribution in [3.8, 4) is 0 Å². The van der Waals surface area contributed by atoms with Crippen LogP contribution in [-0.4, -0.2) is 30.9 Å². The van der Waals surface area contributed by atoms with Crippen molar-refractivity contribution in [1.82, 2.24) is 5.32 Å². The van der Waals surface area contributed by atoms with Crippen molar-refractivity contribution in [2.75, 3.05) is 13.2 Å². The van der Waals surface area contributed by atoms with Crippen LogP contribution in [0.3, 0.4) is 0 Å². The van der Waals surface area contributed by atoms with E-state index in [-0.39, 0.29) is 17.8 Å². The van der Waals surface area contributed by atoms with Gasteiger partial charge in [0, 0.05) is 26.0 Å². The van der Waals surface area contributed by atoms with Crippen molar-refractivity contribution < 1.29 is 14.3 Å². The number of ether oxygens (including phenoxy) is 1. The molecule has 104 valence electrons. The molecule has 0 aromatic carbocycles. The van der Waals surface area contributed by atoms with Crippen molar-refractivity contribution >= 4 is 23.0 Å². The van der Waals surface area contributed by atoms with Gasteiger partial charge in [0.05, 0.1) is 11.0 Å². The number of carbonyl (C=O) groups excluding carboxylic acids is 2. The van der Waals surface area contributed by atoms with Gasteiger partial charge in [-0.3, -0.25) is 9.59 Å². The number of hydrogen-bond acceptors (Lipinski definition) is 4. The smallest absolute Gasteiger partial charge is 0.220 e. The maximum Gasteiger partial charge on any atom is 0.220 e. The molecule has 1 unspecified atom stereocenters. The molecule has 19 heavy (non-hydrogen) atoms. The molecule has 1 aromatic heterocycles. The molecule has 0 saturated carbocycles. The van der Waals surface area contributed by atoms with Crippen LogP contribution in [0.15, 0.2) is 17.5 Å². The van der Waals surface area contributed by atoms with Crippen LogP contribution in [0.25, 0.3) is 0 Å². The molecule has 1 fully saturated rings. The average Bonchev–Trinajstić information content (AvgIpc) is 3.09. The summed E-state index contributed by atoms with van der Waals surface area (Å²) in [6.07, 6.45) is 3.73. The van der Waals surface area contributed by atoms with Crippen LogP contribution >= 0.6 is 11.3 Å². The van der Waals surface area contributed by atoms with E-state index in [0.29, 0.717) is 25.8 Å². The van der Waals surface area contributed by atoms with Crippen LogP contribution in [0.4, 0.5) is 0 Å². The van der Waals surface area contributed by atoms with Crippen LogP contribution in [0.1, 0.15) is 41.8 Å². The molecule has 0 spiro atoms. The molecule has 0 bridgehead atoms. The SMILES string of the molecule is O=C(CCCC(=O)c1cccs1)NCC1CCCO1. The number of amides is 1. The van der Waals surface area contributed by atoms with Crippen LogP contribution in [-0.2, 0) is 9.53 Å². The van der Waals surface area contributed by atoms with E-state index in [1.165, 1.54) is 11.3 Å². The van der Waals surface area contributed by atoms with E-state index < -0.39 is 0 Å². The Balaban J connectivity index is 1.57. The molecular weight excluding hydrogens is 262 g/mol. The van der Waals surface area contributed by atoms with Crippen LogP contribution < -0.4 is 5.32 Å². The number of thiophene rings is 1. The minimum atomic E-state index is 0.00878. The lowest BCUT2D eigenvalue weighted by molar-refractivity contribution is -0.121. The lowest BCUT2D eigenvalue weighted by Crippen LogP contribution is -2.31. The first-order chi connectivity index (χ1) is 9.25. The molecule has 1 amide bonds. The number of rotatable bonds is 7. The summed E-state index contributed by atoms with van der Waals surface area (Å²) in [7, 11) is 0. The summed E-state index contributed by atoms with van der Waals surface area (Å²) in [5.41, 5.74) is 0. The summed E-state index contributed by atoms with van der Waals surface area (Å²) in [6.45, 7) is 1.40. The van der Waals surface area contributed by atoms with Gasteiger partial charge < -0.3 is 10.1 Å². The van der Waals surface area contributed by atoms with E-state index in [1.807, 2.05) is 17.5 Å². The lowest BCUT2D eigenvalue weighted by atomic mass is 10.1. The number of Topliss-reactive ketones (excluding diaryl/α,β-unsaturated/α-hetero) is 1. The fourth-order valence-corrected chi connectivity index (χ4v) is 2.79. The second kappa shape index (κ2) is 7.40. The van der Waals surface area contributed by atoms with Gasteiger partial charge in [0.25, 0.3) is 0 Å². The van der Waals surface area contributed by atoms with Crippen LogP contribution in [0.5, 0.6) is 0 Å². The summed E-state index contributed by atoms with van der Waals surface area (Å²) in [5.74, 6) is 0.136. The molecule has 4 nitrogen and oxygen atoms in total. The number of nitrogens with one attached hydrogen (secondary N) is 1. The molecule has 1 aromatic rings. The van der Waals surface area contributed by atoms with Crippen molar-refractivity contribution in [3.05, 3.63) is 22.4 Å². The first kappa shape index (κ1) is 14.2. The number of hydrogen-bond donors (Lipinski definition) is 1. The zero-order valence-corrected chi connectivity index (χ0v) is 11.7. The number of ketones is 1. The summed E-state index contributed by atoms with van der Waals surface area (Å²) in [6, 6.07) is 3.69. The highest BCUT2D eigenvalue weighted by Crippen LogP contribution is 2.13. The Morgan fingerprint density at radius 3 is 3.00 bits per heavy atom. The third kappa shape index (κ3) is 4.76. The fraction of sp³-hybridized carbons (Fsp3) is 0.571. The van der Waals surface area contributed by atoms with E-state index >= 15 is 0 Å². The Hall–Kier alpha value is -1.20. The Labute approximate surface area is 117 Å².